The molecule has 35 heavy (non-hydrogen) atoms. The van der Waals surface area contributed by atoms with Crippen LogP contribution in [0.4, 0.5) is 5.82 Å². The minimum Gasteiger partial charge on any atom is -0.353 e. The van der Waals surface area contributed by atoms with Gasteiger partial charge in [-0.25, -0.2) is 9.97 Å². The number of hydrogen-bond donors (Lipinski definition) is 1. The monoisotopic (exact) mass is 510 g/mol. The van der Waals surface area contributed by atoms with Crippen LogP contribution in [-0.4, -0.2) is 63.1 Å². The van der Waals surface area contributed by atoms with E-state index in [4.69, 9.17) is 11.6 Å². The van der Waals surface area contributed by atoms with Crippen molar-refractivity contribution >= 4 is 41.0 Å². The normalized spacial score (nSPS) is 15.7. The fraction of sp³-hybridized carbons (Fsp3) is 0.320. The van der Waals surface area contributed by atoms with Gasteiger partial charge in [0.2, 0.25) is 5.91 Å². The van der Waals surface area contributed by atoms with Crippen molar-refractivity contribution in [1.29, 1.82) is 0 Å². The summed E-state index contributed by atoms with van der Waals surface area (Å²) in [6.45, 7) is 6.23. The van der Waals surface area contributed by atoms with Gasteiger partial charge in [0.15, 0.2) is 5.16 Å². The number of anilines is 1. The molecule has 1 aromatic carbocycles. The molecule has 4 rings (SSSR count). The van der Waals surface area contributed by atoms with Crippen LogP contribution in [0.25, 0.3) is 0 Å². The lowest BCUT2D eigenvalue weighted by Crippen LogP contribution is -2.54. The van der Waals surface area contributed by atoms with Gasteiger partial charge in [-0.2, -0.15) is 0 Å². The number of rotatable bonds is 7. The SMILES string of the molecule is Cc1ccc(C(=O)N2CCN(c3cc(Cl)nc(SCC(=O)NCc4ccccn4)n3)CC2C)cc1. The van der Waals surface area contributed by atoms with Crippen molar-refractivity contribution in [3.8, 4) is 0 Å². The zero-order valence-corrected chi connectivity index (χ0v) is 21.2. The second kappa shape index (κ2) is 11.5. The third-order valence-electron chi connectivity index (χ3n) is 5.70. The van der Waals surface area contributed by atoms with Crippen molar-refractivity contribution in [3.05, 3.63) is 76.7 Å². The number of carbonyl (C=O) groups is 2. The van der Waals surface area contributed by atoms with E-state index >= 15 is 0 Å². The minimum absolute atomic E-state index is 0.000212. The highest BCUT2D eigenvalue weighted by Crippen LogP contribution is 2.24. The van der Waals surface area contributed by atoms with Crippen LogP contribution in [0.3, 0.4) is 0 Å². The van der Waals surface area contributed by atoms with Crippen molar-refractivity contribution in [1.82, 2.24) is 25.2 Å². The maximum absolute atomic E-state index is 13.0. The van der Waals surface area contributed by atoms with Gasteiger partial charge in [0.05, 0.1) is 18.0 Å². The number of hydrogen-bond acceptors (Lipinski definition) is 7. The lowest BCUT2D eigenvalue weighted by atomic mass is 10.1. The Kier molecular flexibility index (Phi) is 8.20. The molecule has 0 spiro atoms. The van der Waals surface area contributed by atoms with Crippen LogP contribution in [0.15, 0.2) is 59.9 Å². The molecule has 1 aliphatic heterocycles. The number of benzene rings is 1. The Morgan fingerprint density at radius 2 is 1.94 bits per heavy atom. The lowest BCUT2D eigenvalue weighted by Gasteiger charge is -2.40. The maximum Gasteiger partial charge on any atom is 0.254 e. The van der Waals surface area contributed by atoms with E-state index in [2.05, 4.69) is 25.2 Å². The van der Waals surface area contributed by atoms with E-state index < -0.39 is 0 Å². The molecule has 1 atom stereocenters. The number of nitrogens with zero attached hydrogens (tertiary/aromatic N) is 5. The Hall–Kier alpha value is -3.17. The van der Waals surface area contributed by atoms with Crippen LogP contribution >= 0.6 is 23.4 Å². The third-order valence-corrected chi connectivity index (χ3v) is 6.74. The minimum atomic E-state index is -0.136. The van der Waals surface area contributed by atoms with Gasteiger partial charge in [-0.3, -0.25) is 14.6 Å². The van der Waals surface area contributed by atoms with Gasteiger partial charge in [0.1, 0.15) is 11.0 Å². The van der Waals surface area contributed by atoms with Crippen molar-refractivity contribution in [3.63, 3.8) is 0 Å². The molecule has 182 valence electrons. The molecule has 0 bridgehead atoms. The maximum atomic E-state index is 13.0. The number of aryl methyl sites for hydroxylation is 1. The highest BCUT2D eigenvalue weighted by molar-refractivity contribution is 7.99. The molecule has 2 aromatic heterocycles. The van der Waals surface area contributed by atoms with Crippen molar-refractivity contribution in [2.24, 2.45) is 0 Å². The number of pyridine rings is 1. The highest BCUT2D eigenvalue weighted by Gasteiger charge is 2.29. The summed E-state index contributed by atoms with van der Waals surface area (Å²) in [4.78, 5) is 42.3. The summed E-state index contributed by atoms with van der Waals surface area (Å²) in [5.74, 6) is 0.756. The topological polar surface area (TPSA) is 91.3 Å². The molecule has 3 aromatic rings. The van der Waals surface area contributed by atoms with Gasteiger partial charge >= 0.3 is 0 Å². The van der Waals surface area contributed by atoms with E-state index in [1.54, 1.807) is 12.3 Å². The zero-order valence-electron chi connectivity index (χ0n) is 19.6. The van der Waals surface area contributed by atoms with Crippen LogP contribution < -0.4 is 10.2 Å². The first kappa shape index (κ1) is 24.9. The molecule has 0 aliphatic carbocycles. The largest absolute Gasteiger partial charge is 0.353 e. The molecular formula is C25H27ClN6O2S. The Bertz CT molecular complexity index is 1180. The van der Waals surface area contributed by atoms with Gasteiger partial charge in [-0.15, -0.1) is 0 Å². The number of piperazine rings is 1. The standard InChI is InChI=1S/C25H27ClN6O2S/c1-17-6-8-19(9-7-17)24(34)32-12-11-31(15-18(32)2)22-13-21(26)29-25(30-22)35-16-23(33)28-14-20-5-3-4-10-27-20/h3-10,13,18H,11-12,14-16H2,1-2H3,(H,28,33). The Morgan fingerprint density at radius 1 is 1.14 bits per heavy atom. The van der Waals surface area contributed by atoms with Crippen molar-refractivity contribution in [2.75, 3.05) is 30.3 Å². The molecule has 3 heterocycles. The average molecular weight is 511 g/mol. The number of nitrogens with one attached hydrogen (secondary N) is 1. The van der Waals surface area contributed by atoms with E-state index in [0.717, 1.165) is 11.3 Å². The molecule has 1 fully saturated rings. The van der Waals surface area contributed by atoms with E-state index in [0.29, 0.717) is 47.9 Å². The smallest absolute Gasteiger partial charge is 0.254 e. The molecule has 1 aliphatic rings. The van der Waals surface area contributed by atoms with Crippen LogP contribution in [0.5, 0.6) is 0 Å². The van der Waals surface area contributed by atoms with Gasteiger partial charge in [0.25, 0.3) is 5.91 Å². The van der Waals surface area contributed by atoms with Crippen LogP contribution in [0.1, 0.15) is 28.5 Å². The molecule has 2 amide bonds. The Labute approximate surface area is 214 Å². The van der Waals surface area contributed by atoms with Crippen molar-refractivity contribution in [2.45, 2.75) is 31.6 Å². The third kappa shape index (κ3) is 6.70. The van der Waals surface area contributed by atoms with Gasteiger partial charge < -0.3 is 15.1 Å². The van der Waals surface area contributed by atoms with E-state index in [1.807, 2.05) is 61.2 Å². The van der Waals surface area contributed by atoms with Crippen LogP contribution in [-0.2, 0) is 11.3 Å². The molecule has 0 radical (unpaired) electrons. The summed E-state index contributed by atoms with van der Waals surface area (Å²) in [5.41, 5.74) is 2.61. The first-order chi connectivity index (χ1) is 16.9. The number of amides is 2. The molecule has 8 nitrogen and oxygen atoms in total. The molecule has 10 heteroatoms. The Morgan fingerprint density at radius 3 is 2.66 bits per heavy atom. The summed E-state index contributed by atoms with van der Waals surface area (Å²) >= 11 is 7.50. The van der Waals surface area contributed by atoms with Crippen LogP contribution in [0.2, 0.25) is 5.15 Å². The summed E-state index contributed by atoms with van der Waals surface area (Å²) in [7, 11) is 0. The molecular weight excluding hydrogens is 484 g/mol. The van der Waals surface area contributed by atoms with E-state index in [1.165, 1.54) is 11.8 Å². The average Bonchev–Trinajstić information content (AvgIpc) is 2.86. The number of carbonyl (C=O) groups excluding carboxylic acids is 2. The highest BCUT2D eigenvalue weighted by atomic mass is 35.5. The molecule has 0 saturated carbocycles. The van der Waals surface area contributed by atoms with Crippen molar-refractivity contribution < 1.29 is 9.59 Å². The predicted octanol–water partition coefficient (Wildman–Crippen LogP) is 3.59. The molecule has 1 saturated heterocycles. The summed E-state index contributed by atoms with van der Waals surface area (Å²) in [6, 6.07) is 14.9. The number of aromatic nitrogens is 3. The zero-order chi connectivity index (χ0) is 24.8. The first-order valence-electron chi connectivity index (χ1n) is 11.4. The van der Waals surface area contributed by atoms with E-state index in [9.17, 15) is 9.59 Å². The van der Waals surface area contributed by atoms with E-state index in [-0.39, 0.29) is 23.6 Å². The van der Waals surface area contributed by atoms with Gasteiger partial charge in [-0.05, 0) is 38.1 Å². The quantitative estimate of drug-likeness (QED) is 0.295. The number of thioether (sulfide) groups is 1. The molecule has 1 N–H and O–H groups in total. The number of halogens is 1. The predicted molar refractivity (Wildman–Crippen MR) is 138 cm³/mol. The summed E-state index contributed by atoms with van der Waals surface area (Å²) in [6.07, 6.45) is 1.69. The van der Waals surface area contributed by atoms with Gasteiger partial charge in [0, 0.05) is 43.5 Å². The second-order valence-electron chi connectivity index (χ2n) is 8.38. The van der Waals surface area contributed by atoms with Gasteiger partial charge in [-0.1, -0.05) is 47.1 Å². The summed E-state index contributed by atoms with van der Waals surface area (Å²) < 4.78 is 0. The fourth-order valence-electron chi connectivity index (χ4n) is 3.81. The lowest BCUT2D eigenvalue weighted by molar-refractivity contribution is -0.118. The molecule has 1 unspecified atom stereocenters. The summed E-state index contributed by atoms with van der Waals surface area (Å²) in [5, 5.41) is 3.59. The second-order valence-corrected chi connectivity index (χ2v) is 9.71. The van der Waals surface area contributed by atoms with Crippen LogP contribution in [0, 0.1) is 6.92 Å². The Balaban J connectivity index is 1.34. The fourth-order valence-corrected chi connectivity index (χ4v) is 4.73. The first-order valence-corrected chi connectivity index (χ1v) is 12.7.